The molecule has 2 aromatic rings. The Balaban J connectivity index is 0.000000364. The molecule has 0 heterocycles. The summed E-state index contributed by atoms with van der Waals surface area (Å²) in [6.45, 7) is 0. The summed E-state index contributed by atoms with van der Waals surface area (Å²) < 4.78 is 28.7. The summed E-state index contributed by atoms with van der Waals surface area (Å²) in [7, 11) is -5.55. The van der Waals surface area contributed by atoms with Crippen LogP contribution in [0, 0.1) is 0 Å². The first kappa shape index (κ1) is 19.7. The van der Waals surface area contributed by atoms with Crippen molar-refractivity contribution in [2.45, 2.75) is 0 Å². The van der Waals surface area contributed by atoms with Gasteiger partial charge in [-0.3, -0.25) is 9.05 Å². The number of hydrogen-bond acceptors (Lipinski definition) is 6. The largest absolute Gasteiger partial charge is 2.00 e. The Bertz CT molecular complexity index is 501. The second kappa shape index (κ2) is 11.3. The van der Waals surface area contributed by atoms with Crippen molar-refractivity contribution in [1.82, 2.24) is 0 Å². The molecule has 0 saturated carbocycles. The maximum Gasteiger partial charge on any atom is 2.00 e. The van der Waals surface area contributed by atoms with Gasteiger partial charge in [0.2, 0.25) is 0 Å². The van der Waals surface area contributed by atoms with Gasteiger partial charge in [-0.2, -0.15) is 0 Å². The average Bonchev–Trinajstić information content (AvgIpc) is 2.40. The third-order valence-electron chi connectivity index (χ3n) is 1.85. The Hall–Kier alpha value is -1.35. The van der Waals surface area contributed by atoms with Gasteiger partial charge >= 0.3 is 33.0 Å². The first-order valence-electron chi connectivity index (χ1n) is 5.33. The Labute approximate surface area is 133 Å². The van der Waals surface area contributed by atoms with E-state index in [9.17, 15) is 18.9 Å². The van der Waals surface area contributed by atoms with Crippen LogP contribution in [0.4, 0.5) is 0 Å². The summed E-state index contributed by atoms with van der Waals surface area (Å²) in [5.41, 5.74) is 0. The van der Waals surface area contributed by atoms with E-state index in [1.54, 1.807) is 60.7 Å². The molecular weight excluding hydrogens is 361 g/mol. The van der Waals surface area contributed by atoms with Gasteiger partial charge in [-0.1, -0.05) is 36.4 Å². The van der Waals surface area contributed by atoms with Crippen LogP contribution < -0.4 is 18.8 Å². The molecule has 0 aliphatic heterocycles. The fraction of sp³-hybridized carbons (Fsp3) is 0. The van der Waals surface area contributed by atoms with Gasteiger partial charge in [0, 0.05) is 0 Å². The van der Waals surface area contributed by atoms with E-state index in [-0.39, 0.29) is 16.5 Å². The van der Waals surface area contributed by atoms with Crippen LogP contribution in [0.3, 0.4) is 0 Å². The van der Waals surface area contributed by atoms with Crippen LogP contribution >= 0.6 is 16.5 Å². The molecule has 0 N–H and O–H groups in total. The van der Waals surface area contributed by atoms with Gasteiger partial charge < -0.3 is 9.79 Å². The first-order valence-corrected chi connectivity index (χ1v) is 7.52. The Morgan fingerprint density at radius 1 is 0.667 bits per heavy atom. The molecule has 0 fully saturated rings. The van der Waals surface area contributed by atoms with E-state index in [4.69, 9.17) is 0 Å². The van der Waals surface area contributed by atoms with E-state index >= 15 is 0 Å². The average molecular weight is 371 g/mol. The molecule has 9 heteroatoms. The number of hydrogen-bond donors (Lipinski definition) is 0. The van der Waals surface area contributed by atoms with Gasteiger partial charge in [-0.25, -0.2) is 0 Å². The summed E-state index contributed by atoms with van der Waals surface area (Å²) >= 11 is 0. The van der Waals surface area contributed by atoms with Gasteiger partial charge in [0.15, 0.2) is 11.5 Å². The molecule has 0 amide bonds. The number of benzene rings is 2. The van der Waals surface area contributed by atoms with E-state index in [0.717, 1.165) is 0 Å². The standard InChI is InChI=1S/2C6H5O3P.Ni/c2*7-10(8)9-6-4-2-1-3-5-6;/h2*1-5H;/q;;+2. The van der Waals surface area contributed by atoms with Crippen molar-refractivity contribution >= 4 is 16.5 Å². The number of rotatable bonds is 4. The number of para-hydroxylation sites is 2. The molecule has 0 aromatic heterocycles. The van der Waals surface area contributed by atoms with E-state index in [1.165, 1.54) is 0 Å². The van der Waals surface area contributed by atoms with Crippen molar-refractivity contribution in [2.75, 3.05) is 0 Å². The zero-order valence-electron chi connectivity index (χ0n) is 10.4. The quantitative estimate of drug-likeness (QED) is 0.604. The molecule has 2 atom stereocenters. The monoisotopic (exact) mass is 370 g/mol. The fourth-order valence-electron chi connectivity index (χ4n) is 1.13. The maximum atomic E-state index is 9.98. The minimum Gasteiger partial charge on any atom is -0.558 e. The SMILES string of the molecule is O=[P+]([O-])Oc1ccccc1.O=[P+]([O-])Oc1ccccc1.[Ni+2]. The molecule has 6 nitrogen and oxygen atoms in total. The third-order valence-corrected chi connectivity index (χ3v) is 2.57. The second-order valence-corrected chi connectivity index (χ2v) is 4.52. The molecule has 2 aromatic carbocycles. The van der Waals surface area contributed by atoms with Crippen molar-refractivity contribution in [1.29, 1.82) is 0 Å². The van der Waals surface area contributed by atoms with Gasteiger partial charge in [-0.05, 0) is 33.4 Å². The zero-order chi connectivity index (χ0) is 14.8. The third kappa shape index (κ3) is 10.1. The summed E-state index contributed by atoms with van der Waals surface area (Å²) in [6.07, 6.45) is 0. The first-order chi connectivity index (χ1) is 9.58. The van der Waals surface area contributed by atoms with E-state index < -0.39 is 16.5 Å². The Morgan fingerprint density at radius 3 is 1.19 bits per heavy atom. The van der Waals surface area contributed by atoms with Crippen molar-refractivity contribution in [3.63, 3.8) is 0 Å². The Kier molecular flexibility index (Phi) is 10.6. The van der Waals surface area contributed by atoms with Crippen LogP contribution in [-0.4, -0.2) is 0 Å². The van der Waals surface area contributed by atoms with Crippen molar-refractivity contribution in [3.8, 4) is 11.5 Å². The molecule has 2 unspecified atom stereocenters. The molecule has 0 radical (unpaired) electrons. The van der Waals surface area contributed by atoms with Gasteiger partial charge in [0.25, 0.3) is 0 Å². The smallest absolute Gasteiger partial charge is 0.558 e. The van der Waals surface area contributed by atoms with Crippen LogP contribution in [0.5, 0.6) is 11.5 Å². The molecule has 0 aliphatic rings. The van der Waals surface area contributed by atoms with Gasteiger partial charge in [0.05, 0.1) is 0 Å². The molecule has 0 saturated heterocycles. The summed E-state index contributed by atoms with van der Waals surface area (Å²) in [4.78, 5) is 20.0. The normalized spacial score (nSPS) is 10.2. The zero-order valence-corrected chi connectivity index (χ0v) is 13.2. The van der Waals surface area contributed by atoms with Crippen LogP contribution in [0.1, 0.15) is 0 Å². The predicted octanol–water partition coefficient (Wildman–Crippen LogP) is 2.16. The van der Waals surface area contributed by atoms with Crippen molar-refractivity contribution < 1.29 is 44.5 Å². The van der Waals surface area contributed by atoms with E-state index in [0.29, 0.717) is 11.5 Å². The van der Waals surface area contributed by atoms with Crippen molar-refractivity contribution in [3.05, 3.63) is 60.7 Å². The minimum absolute atomic E-state index is 0. The topological polar surface area (TPSA) is 98.7 Å². The van der Waals surface area contributed by atoms with Gasteiger partial charge in [-0.15, -0.1) is 0 Å². The summed E-state index contributed by atoms with van der Waals surface area (Å²) in [6, 6.07) is 16.7. The van der Waals surface area contributed by atoms with E-state index in [2.05, 4.69) is 9.05 Å². The summed E-state index contributed by atoms with van der Waals surface area (Å²) in [5, 5.41) is 0. The molecule has 0 aliphatic carbocycles. The van der Waals surface area contributed by atoms with Crippen LogP contribution in [0.15, 0.2) is 60.7 Å². The van der Waals surface area contributed by atoms with Crippen molar-refractivity contribution in [2.24, 2.45) is 0 Å². The maximum absolute atomic E-state index is 9.98. The predicted molar refractivity (Wildman–Crippen MR) is 69.4 cm³/mol. The van der Waals surface area contributed by atoms with E-state index in [1.807, 2.05) is 0 Å². The van der Waals surface area contributed by atoms with Gasteiger partial charge in [0.1, 0.15) is 0 Å². The minimum atomic E-state index is -2.78. The molecular formula is C12H10NiO6P2+2. The molecule has 112 valence electrons. The molecule has 0 bridgehead atoms. The van der Waals surface area contributed by atoms with Crippen LogP contribution in [0.2, 0.25) is 0 Å². The Morgan fingerprint density at radius 2 is 0.952 bits per heavy atom. The molecule has 0 spiro atoms. The molecule has 21 heavy (non-hydrogen) atoms. The molecule has 2 rings (SSSR count). The fourth-order valence-corrected chi connectivity index (χ4v) is 1.72. The van der Waals surface area contributed by atoms with Crippen LogP contribution in [-0.2, 0) is 25.6 Å². The second-order valence-electron chi connectivity index (χ2n) is 3.26. The van der Waals surface area contributed by atoms with Crippen LogP contribution in [0.25, 0.3) is 0 Å². The summed E-state index contributed by atoms with van der Waals surface area (Å²) in [5.74, 6) is 0.692.